The van der Waals surface area contributed by atoms with Gasteiger partial charge in [0.2, 0.25) is 5.91 Å². The fourth-order valence-electron chi connectivity index (χ4n) is 11.2. The number of ether oxygens (including phenoxy) is 6. The molecule has 0 aromatic rings. The van der Waals surface area contributed by atoms with Gasteiger partial charge < -0.3 is 89.9 Å². The second kappa shape index (κ2) is 52.9. The molecule has 3 saturated heterocycles. The van der Waals surface area contributed by atoms with Gasteiger partial charge in [-0.3, -0.25) is 4.79 Å². The molecule has 3 heterocycles. The minimum Gasteiger partial charge on any atom is -0.394 e. The van der Waals surface area contributed by atoms with Crippen molar-refractivity contribution in [1.29, 1.82) is 0 Å². The molecule has 0 radical (unpaired) electrons. The number of amides is 1. The Morgan fingerprint density at radius 2 is 0.769 bits per heavy atom. The van der Waals surface area contributed by atoms with Gasteiger partial charge in [0.15, 0.2) is 18.9 Å². The molecule has 19 nitrogen and oxygen atoms in total. The molecule has 3 aliphatic rings. The highest BCUT2D eigenvalue weighted by atomic mass is 16.8. The molecule has 12 N–H and O–H groups in total. The maximum absolute atomic E-state index is 13.3. The van der Waals surface area contributed by atoms with E-state index in [9.17, 15) is 61.0 Å². The van der Waals surface area contributed by atoms with Crippen LogP contribution in [0.5, 0.6) is 0 Å². The van der Waals surface area contributed by atoms with E-state index < -0.39 is 124 Å². The van der Waals surface area contributed by atoms with Crippen LogP contribution >= 0.6 is 0 Å². The van der Waals surface area contributed by atoms with Crippen LogP contribution in [0.3, 0.4) is 0 Å². The summed E-state index contributed by atoms with van der Waals surface area (Å²) in [5.41, 5.74) is 0. The number of hydrogen-bond donors (Lipinski definition) is 12. The van der Waals surface area contributed by atoms with Crippen LogP contribution in [0.15, 0.2) is 97.2 Å². The zero-order valence-electron chi connectivity index (χ0n) is 55.3. The van der Waals surface area contributed by atoms with E-state index in [1.54, 1.807) is 6.08 Å². The molecule has 17 unspecified atom stereocenters. The molecule has 0 aromatic heterocycles. The van der Waals surface area contributed by atoms with Crippen molar-refractivity contribution in [3.05, 3.63) is 97.2 Å². The number of hydrogen-bond acceptors (Lipinski definition) is 18. The number of unbranched alkanes of at least 4 members (excludes halogenated alkanes) is 22. The summed E-state index contributed by atoms with van der Waals surface area (Å²) in [4.78, 5) is 13.3. The maximum Gasteiger partial charge on any atom is 0.220 e. The first-order valence-electron chi connectivity index (χ1n) is 35.0. The molecule has 1 amide bonds. The van der Waals surface area contributed by atoms with Gasteiger partial charge in [-0.1, -0.05) is 233 Å². The van der Waals surface area contributed by atoms with E-state index in [1.165, 1.54) is 109 Å². The Bertz CT molecular complexity index is 2030. The van der Waals surface area contributed by atoms with E-state index in [4.69, 9.17) is 28.4 Å². The molecular formula is C72H123NO18. The smallest absolute Gasteiger partial charge is 0.220 e. The third-order valence-electron chi connectivity index (χ3n) is 16.8. The van der Waals surface area contributed by atoms with Crippen molar-refractivity contribution < 1.29 is 89.4 Å². The first-order chi connectivity index (χ1) is 44.3. The lowest BCUT2D eigenvalue weighted by atomic mass is 9.96. The van der Waals surface area contributed by atoms with Crippen LogP contribution in [0, 0.1) is 0 Å². The minimum absolute atomic E-state index is 0.233. The Hall–Kier alpha value is -3.29. The number of allylic oxidation sites excluding steroid dienone is 15. The topological polar surface area (TPSA) is 307 Å². The molecule has 0 aromatic carbocycles. The number of nitrogens with one attached hydrogen (secondary N) is 1. The van der Waals surface area contributed by atoms with Crippen LogP contribution in [0.25, 0.3) is 0 Å². The van der Waals surface area contributed by atoms with Crippen molar-refractivity contribution in [2.75, 3.05) is 26.4 Å². The second-order valence-corrected chi connectivity index (χ2v) is 24.6. The number of carbonyl (C=O) groups is 1. The monoisotopic (exact) mass is 1290 g/mol. The summed E-state index contributed by atoms with van der Waals surface area (Å²) in [5.74, 6) is -0.291. The van der Waals surface area contributed by atoms with E-state index in [1.807, 2.05) is 6.08 Å². The Balaban J connectivity index is 1.25. The van der Waals surface area contributed by atoms with E-state index in [-0.39, 0.29) is 18.9 Å². The Morgan fingerprint density at radius 3 is 1.22 bits per heavy atom. The Morgan fingerprint density at radius 1 is 0.407 bits per heavy atom. The summed E-state index contributed by atoms with van der Waals surface area (Å²) in [7, 11) is 0. The van der Waals surface area contributed by atoms with Crippen LogP contribution in [-0.4, -0.2) is 193 Å². The fourth-order valence-corrected chi connectivity index (χ4v) is 11.2. The van der Waals surface area contributed by atoms with Gasteiger partial charge in [0, 0.05) is 6.42 Å². The largest absolute Gasteiger partial charge is 0.394 e. The quantitative estimate of drug-likeness (QED) is 0.0199. The number of carbonyl (C=O) groups excluding carboxylic acids is 1. The van der Waals surface area contributed by atoms with E-state index >= 15 is 0 Å². The van der Waals surface area contributed by atoms with Gasteiger partial charge in [0.25, 0.3) is 0 Å². The Labute approximate surface area is 545 Å². The standard InChI is InChI=1S/C72H123NO18/c1-3-5-7-9-11-12-13-14-15-16-17-18-19-20-21-22-23-24-25-26-27-28-29-30-31-32-33-34-35-36-37-38-39-40-41-42-44-46-48-50-60(78)73-55(56(77)49-47-45-43-10-8-6-4-2)54-86-70-66(84)63(81)68(58(52-75)88-70)91-72-67(85)64(82)69(59(53-76)89-72)90-71-65(83)62(80)61(79)57(51-74)87-71/h5,7-8,10-12,14-15,17-18,20-21,23-24,47,49,55-59,61-72,74-77,79-85H,3-4,6,9,13,16,19,22,25-46,48,50-54H2,1-2H3,(H,73,78)/b7-5-,10-8+,12-11-,15-14-,18-17-,21-20-,24-23-,49-47+. The van der Waals surface area contributed by atoms with Gasteiger partial charge in [-0.15, -0.1) is 0 Å². The van der Waals surface area contributed by atoms with Gasteiger partial charge in [0.05, 0.1) is 38.6 Å². The highest BCUT2D eigenvalue weighted by Gasteiger charge is 2.53. The molecule has 19 heteroatoms. The lowest BCUT2D eigenvalue weighted by molar-refractivity contribution is -0.379. The van der Waals surface area contributed by atoms with Crippen molar-refractivity contribution in [2.24, 2.45) is 0 Å². The molecule has 3 rings (SSSR count). The van der Waals surface area contributed by atoms with Gasteiger partial charge in [-0.05, 0) is 77.0 Å². The number of rotatable bonds is 52. The average Bonchev–Trinajstić information content (AvgIpc) is 1.40. The van der Waals surface area contributed by atoms with Crippen molar-refractivity contribution >= 4 is 5.91 Å². The van der Waals surface area contributed by atoms with E-state index in [0.29, 0.717) is 12.8 Å². The number of aliphatic hydroxyl groups is 11. The summed E-state index contributed by atoms with van der Waals surface area (Å²) in [5, 5.41) is 120. The fraction of sp³-hybridized carbons (Fsp3) is 0.764. The molecule has 524 valence electrons. The molecule has 3 aliphatic heterocycles. The Kier molecular flexibility index (Phi) is 47.7. The van der Waals surface area contributed by atoms with Crippen molar-refractivity contribution in [2.45, 2.75) is 324 Å². The summed E-state index contributed by atoms with van der Waals surface area (Å²) < 4.78 is 34.2. The first kappa shape index (κ1) is 81.9. The van der Waals surface area contributed by atoms with Crippen molar-refractivity contribution in [3.63, 3.8) is 0 Å². The van der Waals surface area contributed by atoms with Crippen LogP contribution in [0.4, 0.5) is 0 Å². The highest BCUT2D eigenvalue weighted by molar-refractivity contribution is 5.76. The van der Waals surface area contributed by atoms with Crippen LogP contribution in [-0.2, 0) is 33.2 Å². The SMILES string of the molecule is CC/C=C\C/C=C\C/C=C\C/C=C\C/C=C\C/C=C\CCCCCCCCCCCCCCCCCCCCCCC(=O)NC(COC1OC(CO)C(OC2OC(CO)C(OC3OC(CO)C(O)C(O)C3O)C(O)C2O)C(O)C1O)C(O)/C=C/CC/C=C/CCC. The predicted octanol–water partition coefficient (Wildman–Crippen LogP) is 9.27. The van der Waals surface area contributed by atoms with E-state index in [0.717, 1.165) is 77.0 Å². The molecule has 0 saturated carbocycles. The predicted molar refractivity (Wildman–Crippen MR) is 355 cm³/mol. The van der Waals surface area contributed by atoms with Gasteiger partial charge in [0.1, 0.15) is 73.2 Å². The molecule has 0 spiro atoms. The summed E-state index contributed by atoms with van der Waals surface area (Å²) in [6.45, 7) is 1.46. The van der Waals surface area contributed by atoms with Crippen LogP contribution in [0.1, 0.15) is 219 Å². The molecule has 0 bridgehead atoms. The molecule has 0 aliphatic carbocycles. The van der Waals surface area contributed by atoms with Crippen molar-refractivity contribution in [3.8, 4) is 0 Å². The third-order valence-corrected chi connectivity index (χ3v) is 16.8. The minimum atomic E-state index is -1.98. The van der Waals surface area contributed by atoms with Gasteiger partial charge in [-0.25, -0.2) is 0 Å². The zero-order chi connectivity index (χ0) is 66.1. The lowest BCUT2D eigenvalue weighted by Crippen LogP contribution is -2.66. The summed E-state index contributed by atoms with van der Waals surface area (Å²) >= 11 is 0. The number of aliphatic hydroxyl groups excluding tert-OH is 11. The van der Waals surface area contributed by atoms with E-state index in [2.05, 4.69) is 104 Å². The molecular weight excluding hydrogens is 1170 g/mol. The normalized spacial score (nSPS) is 28.5. The summed E-state index contributed by atoms with van der Waals surface area (Å²) in [6, 6.07) is -0.989. The molecule has 91 heavy (non-hydrogen) atoms. The lowest BCUT2D eigenvalue weighted by Gasteiger charge is -2.48. The van der Waals surface area contributed by atoms with Gasteiger partial charge >= 0.3 is 0 Å². The van der Waals surface area contributed by atoms with Gasteiger partial charge in [-0.2, -0.15) is 0 Å². The second-order valence-electron chi connectivity index (χ2n) is 24.6. The average molecular weight is 1290 g/mol. The first-order valence-corrected chi connectivity index (χ1v) is 35.0. The maximum atomic E-state index is 13.3. The third kappa shape index (κ3) is 34.8. The zero-order valence-corrected chi connectivity index (χ0v) is 55.3. The summed E-state index contributed by atoms with van der Waals surface area (Å²) in [6.07, 6.45) is 43.4. The molecule has 17 atom stereocenters. The highest BCUT2D eigenvalue weighted by Crippen LogP contribution is 2.33. The van der Waals surface area contributed by atoms with Crippen LogP contribution in [0.2, 0.25) is 0 Å². The van der Waals surface area contributed by atoms with Crippen LogP contribution < -0.4 is 5.32 Å². The van der Waals surface area contributed by atoms with Crippen molar-refractivity contribution in [1.82, 2.24) is 5.32 Å². The molecule has 3 fully saturated rings.